The number of sulfone groups is 1. The zero-order chi connectivity index (χ0) is 23.2. The van der Waals surface area contributed by atoms with Crippen molar-refractivity contribution in [2.75, 3.05) is 18.1 Å². The maximum Gasteiger partial charge on any atom is 0.240 e. The van der Waals surface area contributed by atoms with E-state index in [1.807, 2.05) is 17.5 Å². The number of hydrogen-bond acceptors (Lipinski definition) is 6. The molecule has 1 fully saturated rings. The Bertz CT molecular complexity index is 1130. The van der Waals surface area contributed by atoms with Crippen molar-refractivity contribution < 1.29 is 16.8 Å². The van der Waals surface area contributed by atoms with Crippen LogP contribution in [-0.4, -0.2) is 52.9 Å². The van der Waals surface area contributed by atoms with Crippen molar-refractivity contribution in [3.8, 4) is 0 Å². The number of sulfonamides is 1. The fourth-order valence-electron chi connectivity index (χ4n) is 3.37. The van der Waals surface area contributed by atoms with E-state index in [4.69, 9.17) is 0 Å². The lowest BCUT2D eigenvalue weighted by Crippen LogP contribution is -2.44. The zero-order valence-corrected chi connectivity index (χ0v) is 20.7. The largest absolute Gasteiger partial charge is 0.356 e. The number of nitrogens with zero attached hydrogens (tertiary/aromatic N) is 1. The third-order valence-corrected chi connectivity index (χ3v) is 9.20. The number of hydrogen-bond donors (Lipinski definition) is 3. The maximum absolute atomic E-state index is 12.5. The van der Waals surface area contributed by atoms with Crippen molar-refractivity contribution in [1.29, 1.82) is 0 Å². The lowest BCUT2D eigenvalue weighted by Gasteiger charge is -2.17. The predicted molar refractivity (Wildman–Crippen MR) is 129 cm³/mol. The molecule has 0 bridgehead atoms. The maximum atomic E-state index is 12.5. The van der Waals surface area contributed by atoms with Crippen molar-refractivity contribution in [1.82, 2.24) is 15.4 Å². The van der Waals surface area contributed by atoms with Crippen molar-refractivity contribution in [3.63, 3.8) is 0 Å². The van der Waals surface area contributed by atoms with Crippen LogP contribution >= 0.6 is 11.3 Å². The van der Waals surface area contributed by atoms with Crippen LogP contribution < -0.4 is 15.4 Å². The molecule has 1 aromatic carbocycles. The van der Waals surface area contributed by atoms with Gasteiger partial charge in [0.25, 0.3) is 0 Å². The van der Waals surface area contributed by atoms with Crippen molar-refractivity contribution in [2.24, 2.45) is 4.99 Å². The molecule has 0 aliphatic carbocycles. The quantitative estimate of drug-likeness (QED) is 0.359. The second-order valence-electron chi connectivity index (χ2n) is 8.09. The number of thiophene rings is 1. The van der Waals surface area contributed by atoms with Gasteiger partial charge in [-0.25, -0.2) is 26.6 Å². The SMILES string of the molecule is CC(C)NS(=O)(=O)c1cccc(CN=C(NCCc2cccs2)NC2CCS(=O)(=O)C2)c1. The van der Waals surface area contributed by atoms with Crippen LogP contribution in [0.1, 0.15) is 30.7 Å². The van der Waals surface area contributed by atoms with Gasteiger partial charge in [0.2, 0.25) is 10.0 Å². The summed E-state index contributed by atoms with van der Waals surface area (Å²) in [4.78, 5) is 6.04. The molecule has 1 aromatic heterocycles. The third-order valence-electron chi connectivity index (χ3n) is 4.84. The fourth-order valence-corrected chi connectivity index (χ4v) is 7.08. The minimum Gasteiger partial charge on any atom is -0.356 e. The fraction of sp³-hybridized carbons (Fsp3) is 0.476. The minimum atomic E-state index is -3.59. The van der Waals surface area contributed by atoms with Crippen molar-refractivity contribution in [3.05, 3.63) is 52.2 Å². The average molecular weight is 499 g/mol. The highest BCUT2D eigenvalue weighted by molar-refractivity contribution is 7.91. The van der Waals surface area contributed by atoms with Gasteiger partial charge in [-0.05, 0) is 55.8 Å². The van der Waals surface area contributed by atoms with Gasteiger partial charge in [-0.1, -0.05) is 18.2 Å². The Morgan fingerprint density at radius 3 is 2.72 bits per heavy atom. The molecule has 1 unspecified atom stereocenters. The number of aliphatic imine (C=N–C) groups is 1. The summed E-state index contributed by atoms with van der Waals surface area (Å²) in [7, 11) is -6.60. The molecule has 32 heavy (non-hydrogen) atoms. The molecular formula is C21H30N4O4S3. The molecule has 3 N–H and O–H groups in total. The number of benzene rings is 1. The monoisotopic (exact) mass is 498 g/mol. The minimum absolute atomic E-state index is 0.0905. The normalized spacial score (nSPS) is 18.7. The highest BCUT2D eigenvalue weighted by Crippen LogP contribution is 2.14. The number of nitrogens with one attached hydrogen (secondary N) is 3. The molecular weight excluding hydrogens is 468 g/mol. The summed E-state index contributed by atoms with van der Waals surface area (Å²) in [5, 5.41) is 8.53. The van der Waals surface area contributed by atoms with E-state index in [9.17, 15) is 16.8 Å². The van der Waals surface area contributed by atoms with E-state index in [0.717, 1.165) is 12.0 Å². The van der Waals surface area contributed by atoms with Crippen LogP contribution in [0.25, 0.3) is 0 Å². The highest BCUT2D eigenvalue weighted by atomic mass is 32.2. The molecule has 11 heteroatoms. The first-order valence-electron chi connectivity index (χ1n) is 10.5. The molecule has 1 aliphatic heterocycles. The summed E-state index contributed by atoms with van der Waals surface area (Å²) >= 11 is 1.68. The number of rotatable bonds is 9. The Labute approximate surface area is 194 Å². The Kier molecular flexibility index (Phi) is 8.32. The van der Waals surface area contributed by atoms with Gasteiger partial charge in [0, 0.05) is 23.5 Å². The molecule has 8 nitrogen and oxygen atoms in total. The zero-order valence-electron chi connectivity index (χ0n) is 18.2. The molecule has 2 aromatic rings. The van der Waals surface area contributed by atoms with E-state index in [1.165, 1.54) is 4.88 Å². The van der Waals surface area contributed by atoms with E-state index in [0.29, 0.717) is 18.9 Å². The van der Waals surface area contributed by atoms with Gasteiger partial charge in [-0.2, -0.15) is 0 Å². The number of guanidine groups is 1. The summed E-state index contributed by atoms with van der Waals surface area (Å²) in [6.07, 6.45) is 1.37. The first-order valence-corrected chi connectivity index (χ1v) is 14.7. The lowest BCUT2D eigenvalue weighted by atomic mass is 10.2. The third kappa shape index (κ3) is 7.58. The van der Waals surface area contributed by atoms with E-state index in [2.05, 4.69) is 26.4 Å². The van der Waals surface area contributed by atoms with E-state index in [-0.39, 0.29) is 35.0 Å². The first-order chi connectivity index (χ1) is 15.1. The molecule has 1 atom stereocenters. The average Bonchev–Trinajstić information content (AvgIpc) is 3.34. The molecule has 1 saturated heterocycles. The van der Waals surface area contributed by atoms with E-state index >= 15 is 0 Å². The van der Waals surface area contributed by atoms with Crippen molar-refractivity contribution >= 4 is 37.2 Å². The van der Waals surface area contributed by atoms with Gasteiger partial charge in [-0.3, -0.25) is 0 Å². The molecule has 176 valence electrons. The topological polar surface area (TPSA) is 117 Å². The van der Waals surface area contributed by atoms with Gasteiger partial charge in [0.15, 0.2) is 15.8 Å². The molecule has 1 aliphatic rings. The van der Waals surface area contributed by atoms with Crippen LogP contribution in [0.2, 0.25) is 0 Å². The summed E-state index contributed by atoms with van der Waals surface area (Å²) in [5.74, 6) is 0.792. The standard InChI is InChI=1S/C21H30N4O4S3/c1-16(2)25-32(28,29)20-7-3-5-17(13-20)14-23-21(22-10-8-19-6-4-11-30-19)24-18-9-12-31(26,27)15-18/h3-7,11,13,16,18,25H,8-10,12,14-15H2,1-2H3,(H2,22,23,24). The molecule has 3 rings (SSSR count). The van der Waals surface area contributed by atoms with Gasteiger partial charge >= 0.3 is 0 Å². The lowest BCUT2D eigenvalue weighted by molar-refractivity contribution is 0.569. The molecule has 0 spiro atoms. The van der Waals surface area contributed by atoms with Crippen LogP contribution in [0.3, 0.4) is 0 Å². The van der Waals surface area contributed by atoms with Gasteiger partial charge in [0.1, 0.15) is 0 Å². The second-order valence-corrected chi connectivity index (χ2v) is 13.1. The second kappa shape index (κ2) is 10.8. The first kappa shape index (κ1) is 24.7. The van der Waals surface area contributed by atoms with Crippen molar-refractivity contribution in [2.45, 2.75) is 50.2 Å². The summed E-state index contributed by atoms with van der Waals surface area (Å²) in [6, 6.07) is 10.4. The van der Waals surface area contributed by atoms with Crippen LogP contribution in [-0.2, 0) is 32.8 Å². The Hall–Kier alpha value is -1.95. The predicted octanol–water partition coefficient (Wildman–Crippen LogP) is 1.90. The Morgan fingerprint density at radius 2 is 2.06 bits per heavy atom. The van der Waals surface area contributed by atoms with Crippen LogP contribution in [0.15, 0.2) is 51.7 Å². The van der Waals surface area contributed by atoms with E-state index in [1.54, 1.807) is 43.4 Å². The highest BCUT2D eigenvalue weighted by Gasteiger charge is 2.28. The van der Waals surface area contributed by atoms with E-state index < -0.39 is 19.9 Å². The molecule has 2 heterocycles. The molecule has 0 radical (unpaired) electrons. The Balaban J connectivity index is 1.70. The molecule has 0 saturated carbocycles. The van der Waals surface area contributed by atoms with Crippen LogP contribution in [0.4, 0.5) is 0 Å². The summed E-state index contributed by atoms with van der Waals surface area (Å²) in [6.45, 7) is 4.46. The smallest absolute Gasteiger partial charge is 0.240 e. The summed E-state index contributed by atoms with van der Waals surface area (Å²) in [5.41, 5.74) is 0.745. The van der Waals surface area contributed by atoms with Crippen LogP contribution in [0, 0.1) is 0 Å². The van der Waals surface area contributed by atoms with Gasteiger partial charge < -0.3 is 10.6 Å². The van der Waals surface area contributed by atoms with Gasteiger partial charge in [0.05, 0.1) is 22.9 Å². The van der Waals surface area contributed by atoms with Gasteiger partial charge in [-0.15, -0.1) is 11.3 Å². The molecule has 0 amide bonds. The Morgan fingerprint density at radius 1 is 1.25 bits per heavy atom. The van der Waals surface area contributed by atoms with Crippen LogP contribution in [0.5, 0.6) is 0 Å². The summed E-state index contributed by atoms with van der Waals surface area (Å²) < 4.78 is 51.1.